The molecule has 0 bridgehead atoms. The van der Waals surface area contributed by atoms with Crippen molar-refractivity contribution in [3.63, 3.8) is 0 Å². The molecule has 4 aromatic heterocycles. The Bertz CT molecular complexity index is 1650. The van der Waals surface area contributed by atoms with Gasteiger partial charge in [0, 0.05) is 59.5 Å². The lowest BCUT2D eigenvalue weighted by molar-refractivity contribution is 0.168. The van der Waals surface area contributed by atoms with Crippen molar-refractivity contribution >= 4 is 56.5 Å². The monoisotopic (exact) mass is 696 g/mol. The standard InChI is InChI=1S/C13H17ClN6O.C8H14N4.C5H4BrClN2O/c1-18-9(8-20-4-3-5-20)6-12(17-18)15-10-7-11(14)16-19(2)13(10)21;1-11-7(5-8(9)10-11)6-12-3-2-4-12;1-9-5(10)3(6)2-4(7)8-9/h6-7H,3-5,8H2,1-2H3,(H,15,17);5H,2-4,6H2,1H3,(H2,9,10);2H,1H3. The van der Waals surface area contributed by atoms with Crippen LogP contribution in [0.3, 0.4) is 0 Å². The van der Waals surface area contributed by atoms with Crippen LogP contribution < -0.4 is 22.2 Å². The first-order valence-electron chi connectivity index (χ1n) is 13.6. The van der Waals surface area contributed by atoms with Gasteiger partial charge in [0.1, 0.15) is 11.5 Å². The number of rotatable bonds is 6. The molecule has 3 N–H and O–H groups in total. The number of hydrogen-bond donors (Lipinski definition) is 2. The lowest BCUT2D eigenvalue weighted by Gasteiger charge is -2.30. The second kappa shape index (κ2) is 14.5. The van der Waals surface area contributed by atoms with Gasteiger partial charge < -0.3 is 11.1 Å². The summed E-state index contributed by atoms with van der Waals surface area (Å²) in [6, 6.07) is 6.86. The van der Waals surface area contributed by atoms with Gasteiger partial charge in [0.05, 0.1) is 15.9 Å². The Morgan fingerprint density at radius 3 is 1.74 bits per heavy atom. The SMILES string of the molecule is Cn1nc(Cl)cc(Br)c1=O.Cn1nc(N)cc1CN1CCC1.Cn1nc(Nc2cc(Cl)nn(C)c2=O)cc1CN1CCC1. The number of aromatic nitrogens is 8. The van der Waals surface area contributed by atoms with Crippen LogP contribution >= 0.6 is 39.1 Å². The highest BCUT2D eigenvalue weighted by Gasteiger charge is 2.17. The van der Waals surface area contributed by atoms with Gasteiger partial charge in [0.25, 0.3) is 11.1 Å². The molecule has 0 radical (unpaired) electrons. The van der Waals surface area contributed by atoms with Crippen LogP contribution in [0, 0.1) is 0 Å². The Labute approximate surface area is 267 Å². The zero-order chi connectivity index (χ0) is 31.3. The molecule has 14 nitrogen and oxygen atoms in total. The van der Waals surface area contributed by atoms with Crippen LogP contribution in [0.25, 0.3) is 0 Å². The van der Waals surface area contributed by atoms with Gasteiger partial charge in [-0.2, -0.15) is 20.4 Å². The Hall–Kier alpha value is -3.24. The predicted octanol–water partition coefficient (Wildman–Crippen LogP) is 2.52. The molecule has 6 heterocycles. The van der Waals surface area contributed by atoms with E-state index in [4.69, 9.17) is 28.9 Å². The minimum Gasteiger partial charge on any atom is -0.382 e. The summed E-state index contributed by atoms with van der Waals surface area (Å²) in [5, 5.41) is 19.6. The molecule has 0 aromatic carbocycles. The lowest BCUT2D eigenvalue weighted by Crippen LogP contribution is -2.36. The molecule has 17 heteroatoms. The van der Waals surface area contributed by atoms with E-state index in [1.807, 2.05) is 35.6 Å². The van der Waals surface area contributed by atoms with E-state index in [0.717, 1.165) is 31.9 Å². The molecule has 232 valence electrons. The van der Waals surface area contributed by atoms with Crippen LogP contribution in [0.5, 0.6) is 0 Å². The first kappa shape index (κ1) is 32.7. The maximum atomic E-state index is 12.0. The summed E-state index contributed by atoms with van der Waals surface area (Å²) in [7, 11) is 6.94. The van der Waals surface area contributed by atoms with E-state index >= 15 is 0 Å². The summed E-state index contributed by atoms with van der Waals surface area (Å²) in [4.78, 5) is 27.6. The molecular weight excluding hydrogens is 663 g/mol. The molecule has 0 aliphatic carbocycles. The van der Waals surface area contributed by atoms with Crippen molar-refractivity contribution < 1.29 is 0 Å². The van der Waals surface area contributed by atoms with Crippen molar-refractivity contribution in [2.45, 2.75) is 25.9 Å². The van der Waals surface area contributed by atoms with Crippen LogP contribution in [0.2, 0.25) is 10.3 Å². The number of hydrogen-bond acceptors (Lipinski definition) is 10. The summed E-state index contributed by atoms with van der Waals surface area (Å²) >= 11 is 14.4. The maximum Gasteiger partial charge on any atom is 0.290 e. The van der Waals surface area contributed by atoms with E-state index in [1.54, 1.807) is 14.1 Å². The number of likely N-dealkylation sites (tertiary alicyclic amines) is 2. The average molecular weight is 698 g/mol. The van der Waals surface area contributed by atoms with Crippen LogP contribution in [0.4, 0.5) is 17.3 Å². The van der Waals surface area contributed by atoms with Crippen LogP contribution in [-0.4, -0.2) is 75.1 Å². The lowest BCUT2D eigenvalue weighted by atomic mass is 10.2. The summed E-state index contributed by atoms with van der Waals surface area (Å²) < 4.78 is 6.48. The number of nitrogens with one attached hydrogen (secondary N) is 1. The van der Waals surface area contributed by atoms with Gasteiger partial charge in [0.15, 0.2) is 16.1 Å². The zero-order valence-corrected chi connectivity index (χ0v) is 27.6. The predicted molar refractivity (Wildman–Crippen MR) is 171 cm³/mol. The van der Waals surface area contributed by atoms with E-state index in [9.17, 15) is 9.59 Å². The maximum absolute atomic E-state index is 12.0. The molecule has 2 saturated heterocycles. The normalized spacial score (nSPS) is 14.6. The summed E-state index contributed by atoms with van der Waals surface area (Å²) in [6.45, 7) is 6.56. The molecule has 6 rings (SSSR count). The van der Waals surface area contributed by atoms with E-state index < -0.39 is 0 Å². The highest BCUT2D eigenvalue weighted by atomic mass is 79.9. The van der Waals surface area contributed by atoms with Crippen molar-refractivity contribution in [3.05, 3.63) is 71.1 Å². The largest absolute Gasteiger partial charge is 0.382 e. The number of nitrogens with zero attached hydrogens (tertiary/aromatic N) is 10. The first-order valence-corrected chi connectivity index (χ1v) is 15.1. The Morgan fingerprint density at radius 2 is 1.26 bits per heavy atom. The quantitative estimate of drug-likeness (QED) is 0.308. The molecule has 0 amide bonds. The molecule has 4 aromatic rings. The fourth-order valence-electron chi connectivity index (χ4n) is 4.27. The third kappa shape index (κ3) is 8.89. The molecule has 2 aliphatic heterocycles. The van der Waals surface area contributed by atoms with Crippen molar-refractivity contribution in [1.82, 2.24) is 48.9 Å². The van der Waals surface area contributed by atoms with E-state index in [2.05, 4.69) is 51.4 Å². The van der Waals surface area contributed by atoms with Crippen LogP contribution in [-0.2, 0) is 41.3 Å². The summed E-state index contributed by atoms with van der Waals surface area (Å²) in [5.41, 5.74) is 7.81. The number of aryl methyl sites for hydroxylation is 4. The van der Waals surface area contributed by atoms with Gasteiger partial charge in [-0.25, -0.2) is 9.36 Å². The Morgan fingerprint density at radius 1 is 0.744 bits per heavy atom. The minimum atomic E-state index is -0.241. The van der Waals surface area contributed by atoms with Gasteiger partial charge in [-0.1, -0.05) is 23.2 Å². The molecule has 2 aliphatic rings. The minimum absolute atomic E-state index is 0.190. The number of nitrogen functional groups attached to an aromatic ring is 1. The van der Waals surface area contributed by atoms with Crippen molar-refractivity contribution in [3.8, 4) is 0 Å². The Balaban J connectivity index is 0.000000163. The zero-order valence-electron chi connectivity index (χ0n) is 24.5. The second-order valence-electron chi connectivity index (χ2n) is 10.3. The van der Waals surface area contributed by atoms with Gasteiger partial charge in [-0.15, -0.1) is 0 Å². The van der Waals surface area contributed by atoms with E-state index in [-0.39, 0.29) is 16.3 Å². The first-order chi connectivity index (χ1) is 20.4. The highest BCUT2D eigenvalue weighted by molar-refractivity contribution is 9.10. The van der Waals surface area contributed by atoms with Crippen molar-refractivity contribution in [2.75, 3.05) is 37.2 Å². The molecular formula is C26H35BrCl2N12O2. The van der Waals surface area contributed by atoms with E-state index in [1.165, 1.54) is 53.1 Å². The van der Waals surface area contributed by atoms with Gasteiger partial charge in [-0.05, 0) is 61.0 Å². The number of halogens is 3. The summed E-state index contributed by atoms with van der Waals surface area (Å²) in [6.07, 6.45) is 2.59. The van der Waals surface area contributed by atoms with Gasteiger partial charge in [0.2, 0.25) is 0 Å². The number of nitrogens with two attached hydrogens (primary N) is 1. The van der Waals surface area contributed by atoms with Crippen molar-refractivity contribution in [1.29, 1.82) is 0 Å². The van der Waals surface area contributed by atoms with Gasteiger partial charge in [-0.3, -0.25) is 28.8 Å². The third-order valence-corrected chi connectivity index (χ3v) is 7.86. The highest BCUT2D eigenvalue weighted by Crippen LogP contribution is 2.18. The third-order valence-electron chi connectivity index (χ3n) is 6.93. The molecule has 0 unspecified atom stereocenters. The average Bonchev–Trinajstić information content (AvgIpc) is 3.40. The molecule has 0 saturated carbocycles. The molecule has 2 fully saturated rings. The Kier molecular flexibility index (Phi) is 11.0. The van der Waals surface area contributed by atoms with E-state index in [0.29, 0.717) is 26.9 Å². The smallest absolute Gasteiger partial charge is 0.290 e. The number of anilines is 3. The van der Waals surface area contributed by atoms with Crippen LogP contribution in [0.1, 0.15) is 24.2 Å². The topological polar surface area (TPSA) is 150 Å². The summed E-state index contributed by atoms with van der Waals surface area (Å²) in [5.74, 6) is 1.25. The van der Waals surface area contributed by atoms with Crippen LogP contribution in [0.15, 0.2) is 38.3 Å². The van der Waals surface area contributed by atoms with Crippen molar-refractivity contribution in [2.24, 2.45) is 28.2 Å². The van der Waals surface area contributed by atoms with Gasteiger partial charge >= 0.3 is 0 Å². The molecule has 0 spiro atoms. The fraction of sp³-hybridized carbons (Fsp3) is 0.462. The molecule has 0 atom stereocenters. The fourth-order valence-corrected chi connectivity index (χ4v) is 5.32. The molecule has 43 heavy (non-hydrogen) atoms. The second-order valence-corrected chi connectivity index (χ2v) is 11.9.